The number of nitrogens with zero attached hydrogens (tertiary/aromatic N) is 1. The summed E-state index contributed by atoms with van der Waals surface area (Å²) >= 11 is 5.86. The van der Waals surface area contributed by atoms with Gasteiger partial charge in [-0.1, -0.05) is 58.6 Å². The predicted molar refractivity (Wildman–Crippen MR) is 125 cm³/mol. The number of amides is 1. The lowest BCUT2D eigenvalue weighted by atomic mass is 9.90. The summed E-state index contributed by atoms with van der Waals surface area (Å²) in [5.74, 6) is 0.693. The largest absolute Gasteiger partial charge is 0.356 e. The first-order valence-electron chi connectivity index (χ1n) is 10.5. The summed E-state index contributed by atoms with van der Waals surface area (Å²) in [6.07, 6.45) is 9.64. The fraction of sp³-hybridized carbons (Fsp3) is 0.696. The Labute approximate surface area is 188 Å². The molecule has 1 saturated carbocycles. The third-order valence-electron chi connectivity index (χ3n) is 6.07. The van der Waals surface area contributed by atoms with Crippen molar-refractivity contribution in [1.82, 2.24) is 9.62 Å². The van der Waals surface area contributed by atoms with Gasteiger partial charge in [0.25, 0.3) is 0 Å². The van der Waals surface area contributed by atoms with Crippen LogP contribution in [0.3, 0.4) is 0 Å². The van der Waals surface area contributed by atoms with Crippen LogP contribution in [0.15, 0.2) is 29.2 Å². The van der Waals surface area contributed by atoms with E-state index >= 15 is 0 Å². The topological polar surface area (TPSA) is 66.5 Å². The highest BCUT2D eigenvalue weighted by Gasteiger charge is 2.30. The molecule has 0 aromatic heterocycles. The van der Waals surface area contributed by atoms with Crippen LogP contribution in [0.4, 0.5) is 0 Å². The molecular weight excluding hydrogens is 420 g/mol. The zero-order valence-electron chi connectivity index (χ0n) is 16.4. The second-order valence-electron chi connectivity index (χ2n) is 8.09. The molecule has 0 bridgehead atoms. The van der Waals surface area contributed by atoms with Crippen LogP contribution in [0.25, 0.3) is 0 Å². The lowest BCUT2D eigenvalue weighted by Crippen LogP contribution is -2.42. The SMILES string of the molecule is C.C.O=C(NCC1CCN(S(=O)(=O)c2ccc(Cl)cc2)CC1)C1CCCCCCC1. The number of hydrogen-bond acceptors (Lipinski definition) is 3. The van der Waals surface area contributed by atoms with Crippen molar-refractivity contribution in [2.24, 2.45) is 11.8 Å². The molecule has 1 saturated heterocycles. The normalized spacial score (nSPS) is 19.6. The quantitative estimate of drug-likeness (QED) is 0.634. The van der Waals surface area contributed by atoms with E-state index in [9.17, 15) is 13.2 Å². The minimum atomic E-state index is -3.47. The van der Waals surface area contributed by atoms with Crippen LogP contribution in [0.1, 0.15) is 72.6 Å². The number of carbonyl (C=O) groups is 1. The van der Waals surface area contributed by atoms with E-state index in [0.29, 0.717) is 30.6 Å². The molecule has 1 aliphatic carbocycles. The van der Waals surface area contributed by atoms with Gasteiger partial charge in [0.2, 0.25) is 15.9 Å². The molecule has 30 heavy (non-hydrogen) atoms. The van der Waals surface area contributed by atoms with Crippen LogP contribution in [0.5, 0.6) is 0 Å². The van der Waals surface area contributed by atoms with Gasteiger partial charge < -0.3 is 5.32 Å². The van der Waals surface area contributed by atoms with Crippen molar-refractivity contribution in [3.63, 3.8) is 0 Å². The minimum Gasteiger partial charge on any atom is -0.356 e. The number of halogens is 1. The lowest BCUT2D eigenvalue weighted by Gasteiger charge is -2.31. The second kappa shape index (κ2) is 12.7. The summed E-state index contributed by atoms with van der Waals surface area (Å²) < 4.78 is 27.0. The zero-order valence-corrected chi connectivity index (χ0v) is 18.0. The number of sulfonamides is 1. The molecule has 0 radical (unpaired) electrons. The van der Waals surface area contributed by atoms with Gasteiger partial charge in [0.15, 0.2) is 0 Å². The van der Waals surface area contributed by atoms with E-state index in [1.165, 1.54) is 19.3 Å². The van der Waals surface area contributed by atoms with E-state index in [4.69, 9.17) is 11.6 Å². The Morgan fingerprint density at radius 2 is 1.47 bits per heavy atom. The van der Waals surface area contributed by atoms with E-state index < -0.39 is 10.0 Å². The van der Waals surface area contributed by atoms with E-state index in [0.717, 1.165) is 38.5 Å². The van der Waals surface area contributed by atoms with Gasteiger partial charge in [-0.15, -0.1) is 0 Å². The van der Waals surface area contributed by atoms with E-state index in [1.54, 1.807) is 28.6 Å². The van der Waals surface area contributed by atoms with Crippen molar-refractivity contribution >= 4 is 27.5 Å². The Morgan fingerprint density at radius 1 is 0.933 bits per heavy atom. The Hall–Kier alpha value is -1.11. The molecule has 1 aliphatic heterocycles. The average molecular weight is 459 g/mol. The maximum absolute atomic E-state index is 12.8. The second-order valence-corrected chi connectivity index (χ2v) is 10.5. The molecule has 1 amide bonds. The molecule has 1 N–H and O–H groups in total. The third kappa shape index (κ3) is 7.24. The Kier molecular flexibility index (Phi) is 11.4. The van der Waals surface area contributed by atoms with Crippen molar-refractivity contribution in [2.45, 2.75) is 77.5 Å². The molecule has 0 atom stereocenters. The highest BCUT2D eigenvalue weighted by molar-refractivity contribution is 7.89. The van der Waals surface area contributed by atoms with Gasteiger partial charge >= 0.3 is 0 Å². The number of piperidine rings is 1. The summed E-state index contributed by atoms with van der Waals surface area (Å²) in [5, 5.41) is 3.67. The first-order valence-corrected chi connectivity index (χ1v) is 12.3. The third-order valence-corrected chi connectivity index (χ3v) is 8.23. The first-order chi connectivity index (χ1) is 13.5. The van der Waals surface area contributed by atoms with Gasteiger partial charge in [0.05, 0.1) is 4.90 Å². The summed E-state index contributed by atoms with van der Waals surface area (Å²) in [6, 6.07) is 6.32. The zero-order chi connectivity index (χ0) is 20.0. The molecule has 5 nitrogen and oxygen atoms in total. The molecule has 0 spiro atoms. The van der Waals surface area contributed by atoms with E-state index in [2.05, 4.69) is 5.32 Å². The molecule has 1 heterocycles. The lowest BCUT2D eigenvalue weighted by molar-refractivity contribution is -0.125. The van der Waals surface area contributed by atoms with Crippen LogP contribution < -0.4 is 5.32 Å². The Morgan fingerprint density at radius 3 is 2.03 bits per heavy atom. The molecule has 1 aromatic carbocycles. The fourth-order valence-corrected chi connectivity index (χ4v) is 5.81. The molecule has 2 fully saturated rings. The molecule has 3 rings (SSSR count). The minimum absolute atomic E-state index is 0. The summed E-state index contributed by atoms with van der Waals surface area (Å²) in [6.45, 7) is 1.65. The van der Waals surface area contributed by atoms with Crippen LogP contribution >= 0.6 is 11.6 Å². The molecule has 0 unspecified atom stereocenters. The van der Waals surface area contributed by atoms with Gasteiger partial charge in [0, 0.05) is 30.6 Å². The van der Waals surface area contributed by atoms with Crippen molar-refractivity contribution in [3.05, 3.63) is 29.3 Å². The van der Waals surface area contributed by atoms with Crippen LogP contribution in [-0.2, 0) is 14.8 Å². The monoisotopic (exact) mass is 458 g/mol. The molecule has 172 valence electrons. The average Bonchev–Trinajstić information content (AvgIpc) is 2.66. The predicted octanol–water partition coefficient (Wildman–Crippen LogP) is 5.49. The molecule has 7 heteroatoms. The maximum atomic E-state index is 12.8. The molecule has 2 aliphatic rings. The number of hydrogen-bond donors (Lipinski definition) is 1. The summed E-state index contributed by atoms with van der Waals surface area (Å²) in [5.41, 5.74) is 0. The van der Waals surface area contributed by atoms with Gasteiger partial charge in [-0.05, 0) is 55.9 Å². The van der Waals surface area contributed by atoms with Gasteiger partial charge in [0.1, 0.15) is 0 Å². The van der Waals surface area contributed by atoms with Crippen molar-refractivity contribution < 1.29 is 13.2 Å². The molecule has 1 aromatic rings. The smallest absolute Gasteiger partial charge is 0.243 e. The fourth-order valence-electron chi connectivity index (χ4n) is 4.22. The van der Waals surface area contributed by atoms with E-state index in [-0.39, 0.29) is 31.6 Å². The van der Waals surface area contributed by atoms with Gasteiger partial charge in [-0.3, -0.25) is 4.79 Å². The van der Waals surface area contributed by atoms with Crippen LogP contribution in [0.2, 0.25) is 5.02 Å². The van der Waals surface area contributed by atoms with Gasteiger partial charge in [-0.2, -0.15) is 4.31 Å². The van der Waals surface area contributed by atoms with Crippen LogP contribution in [-0.4, -0.2) is 38.3 Å². The first kappa shape index (κ1) is 26.9. The highest BCUT2D eigenvalue weighted by atomic mass is 35.5. The van der Waals surface area contributed by atoms with Crippen LogP contribution in [0, 0.1) is 11.8 Å². The van der Waals surface area contributed by atoms with E-state index in [1.807, 2.05) is 0 Å². The van der Waals surface area contributed by atoms with Crippen molar-refractivity contribution in [1.29, 1.82) is 0 Å². The Balaban J connectivity index is 0.00000225. The summed E-state index contributed by atoms with van der Waals surface area (Å²) in [4.78, 5) is 12.8. The standard InChI is InChI=1S/C21H31ClN2O3S.2CH4/c22-19-8-10-20(11-9-19)28(26,27)24-14-12-17(13-15-24)16-23-21(25)18-6-4-2-1-3-5-7-18;;/h8-11,17-18H,1-7,12-16H2,(H,23,25);2*1H4. The summed E-state index contributed by atoms with van der Waals surface area (Å²) in [7, 11) is -3.47. The van der Waals surface area contributed by atoms with Crippen molar-refractivity contribution in [2.75, 3.05) is 19.6 Å². The Bertz CT molecular complexity index is 736. The molecular formula is C23H39ClN2O3S. The number of carbonyl (C=O) groups excluding carboxylic acids is 1. The van der Waals surface area contributed by atoms with Crippen molar-refractivity contribution in [3.8, 4) is 0 Å². The number of rotatable bonds is 5. The van der Waals surface area contributed by atoms with Gasteiger partial charge in [-0.25, -0.2) is 8.42 Å². The highest BCUT2D eigenvalue weighted by Crippen LogP contribution is 2.25. The maximum Gasteiger partial charge on any atom is 0.243 e. The number of nitrogens with one attached hydrogen (secondary N) is 1. The number of benzene rings is 1.